The third-order valence-electron chi connectivity index (χ3n) is 2.09. The number of nitrogens with one attached hydrogen (secondary N) is 2. The van der Waals surface area contributed by atoms with E-state index in [1.54, 1.807) is 11.7 Å². The maximum atomic E-state index is 11.4. The zero-order valence-corrected chi connectivity index (χ0v) is 7.93. The molecule has 5 heteroatoms. The molecule has 1 fully saturated rings. The van der Waals surface area contributed by atoms with E-state index in [2.05, 4.69) is 15.6 Å². The minimum Gasteiger partial charge on any atom is -0.350 e. The molecule has 1 unspecified atom stereocenters. The lowest BCUT2D eigenvalue weighted by Crippen LogP contribution is -2.50. The van der Waals surface area contributed by atoms with Crippen LogP contribution in [-0.4, -0.2) is 30.0 Å². The molecule has 1 aromatic heterocycles. The van der Waals surface area contributed by atoms with E-state index in [1.807, 2.05) is 0 Å². The number of hydrogen-bond acceptors (Lipinski definition) is 4. The number of carbonyl (C=O) groups is 1. The van der Waals surface area contributed by atoms with E-state index in [-0.39, 0.29) is 5.91 Å². The van der Waals surface area contributed by atoms with Crippen LogP contribution >= 0.6 is 11.3 Å². The van der Waals surface area contributed by atoms with Gasteiger partial charge in [0.2, 0.25) is 0 Å². The van der Waals surface area contributed by atoms with E-state index in [0.29, 0.717) is 10.9 Å². The first-order chi connectivity index (χ1) is 6.36. The molecule has 0 radical (unpaired) electrons. The van der Waals surface area contributed by atoms with Crippen LogP contribution in [0.3, 0.4) is 0 Å². The van der Waals surface area contributed by atoms with Crippen LogP contribution in [0.1, 0.15) is 16.1 Å². The Hall–Kier alpha value is -0.940. The zero-order valence-electron chi connectivity index (χ0n) is 7.12. The Balaban J connectivity index is 1.78. The second-order valence-corrected chi connectivity index (χ2v) is 3.90. The molecule has 2 N–H and O–H groups in total. The van der Waals surface area contributed by atoms with Crippen LogP contribution in [0, 0.1) is 0 Å². The van der Waals surface area contributed by atoms with E-state index in [1.165, 1.54) is 11.3 Å². The number of carbonyl (C=O) groups excluding carboxylic acids is 1. The van der Waals surface area contributed by atoms with Crippen LogP contribution in [0.25, 0.3) is 0 Å². The molecule has 0 aromatic carbocycles. The number of amides is 1. The normalized spacial score (nSPS) is 20.8. The van der Waals surface area contributed by atoms with E-state index in [0.717, 1.165) is 19.5 Å². The Morgan fingerprint density at radius 3 is 3.23 bits per heavy atom. The summed E-state index contributed by atoms with van der Waals surface area (Å²) in [4.78, 5) is 15.9. The fourth-order valence-electron chi connectivity index (χ4n) is 1.15. The molecule has 0 aliphatic carbocycles. The van der Waals surface area contributed by atoms with Gasteiger partial charge in [-0.2, -0.15) is 0 Å². The first kappa shape index (κ1) is 8.65. The van der Waals surface area contributed by atoms with Gasteiger partial charge >= 0.3 is 0 Å². The van der Waals surface area contributed by atoms with Gasteiger partial charge in [-0.3, -0.25) is 9.78 Å². The number of aromatic nitrogens is 1. The van der Waals surface area contributed by atoms with Crippen LogP contribution < -0.4 is 10.6 Å². The summed E-state index contributed by atoms with van der Waals surface area (Å²) in [5.74, 6) is -0.0174. The summed E-state index contributed by atoms with van der Waals surface area (Å²) < 4.78 is 0. The molecule has 70 valence electrons. The molecule has 1 amide bonds. The van der Waals surface area contributed by atoms with Gasteiger partial charge in [-0.05, 0) is 13.0 Å². The SMILES string of the molecule is O=C(NCC1CCN1)c1cncs1. The third kappa shape index (κ3) is 2.05. The van der Waals surface area contributed by atoms with E-state index < -0.39 is 0 Å². The molecule has 0 spiro atoms. The molecule has 2 rings (SSSR count). The largest absolute Gasteiger partial charge is 0.350 e. The van der Waals surface area contributed by atoms with E-state index in [9.17, 15) is 4.79 Å². The van der Waals surface area contributed by atoms with Crippen molar-refractivity contribution in [3.05, 3.63) is 16.6 Å². The van der Waals surface area contributed by atoms with Gasteiger partial charge in [0.05, 0.1) is 11.7 Å². The lowest BCUT2D eigenvalue weighted by molar-refractivity contribution is 0.0949. The average Bonchev–Trinajstić information content (AvgIpc) is 2.52. The fraction of sp³-hybridized carbons (Fsp3) is 0.500. The summed E-state index contributed by atoms with van der Waals surface area (Å²) >= 11 is 1.36. The Bertz CT molecular complexity index is 282. The lowest BCUT2D eigenvalue weighted by Gasteiger charge is -2.27. The number of hydrogen-bond donors (Lipinski definition) is 2. The predicted octanol–water partition coefficient (Wildman–Crippen LogP) is 0.235. The van der Waals surface area contributed by atoms with E-state index in [4.69, 9.17) is 0 Å². The lowest BCUT2D eigenvalue weighted by atomic mass is 10.1. The quantitative estimate of drug-likeness (QED) is 0.729. The summed E-state index contributed by atoms with van der Waals surface area (Å²) in [5.41, 5.74) is 1.66. The Morgan fingerprint density at radius 2 is 2.69 bits per heavy atom. The van der Waals surface area contributed by atoms with Gasteiger partial charge in [0.25, 0.3) is 5.91 Å². The number of nitrogens with zero attached hydrogens (tertiary/aromatic N) is 1. The highest BCUT2D eigenvalue weighted by atomic mass is 32.1. The second-order valence-electron chi connectivity index (χ2n) is 3.02. The van der Waals surface area contributed by atoms with Gasteiger partial charge in [0.1, 0.15) is 4.88 Å². The molecule has 1 aliphatic heterocycles. The van der Waals surface area contributed by atoms with Crippen molar-refractivity contribution in [1.29, 1.82) is 0 Å². The molecular weight excluding hydrogens is 186 g/mol. The standard InChI is InChI=1S/C8H11N3OS/c12-8(7-4-9-5-13-7)11-3-6-1-2-10-6/h4-6,10H,1-3H2,(H,11,12). The summed E-state index contributed by atoms with van der Waals surface area (Å²) in [6.07, 6.45) is 2.75. The van der Waals surface area contributed by atoms with Crippen molar-refractivity contribution < 1.29 is 4.79 Å². The van der Waals surface area contributed by atoms with Crippen molar-refractivity contribution in [3.63, 3.8) is 0 Å². The molecular formula is C8H11N3OS. The molecule has 1 atom stereocenters. The highest BCUT2D eigenvalue weighted by Gasteiger charge is 2.17. The first-order valence-electron chi connectivity index (χ1n) is 4.26. The molecule has 1 saturated heterocycles. The van der Waals surface area contributed by atoms with Crippen molar-refractivity contribution in [2.45, 2.75) is 12.5 Å². The monoisotopic (exact) mass is 197 g/mol. The van der Waals surface area contributed by atoms with Crippen LogP contribution in [0.2, 0.25) is 0 Å². The smallest absolute Gasteiger partial charge is 0.263 e. The maximum absolute atomic E-state index is 11.4. The average molecular weight is 197 g/mol. The summed E-state index contributed by atoms with van der Waals surface area (Å²) in [7, 11) is 0. The third-order valence-corrected chi connectivity index (χ3v) is 2.86. The molecule has 0 saturated carbocycles. The van der Waals surface area contributed by atoms with Crippen molar-refractivity contribution in [2.24, 2.45) is 0 Å². The summed E-state index contributed by atoms with van der Waals surface area (Å²) in [6.45, 7) is 1.79. The van der Waals surface area contributed by atoms with Gasteiger partial charge in [-0.25, -0.2) is 0 Å². The highest BCUT2D eigenvalue weighted by Crippen LogP contribution is 2.05. The molecule has 1 aliphatic rings. The molecule has 13 heavy (non-hydrogen) atoms. The predicted molar refractivity (Wildman–Crippen MR) is 50.9 cm³/mol. The van der Waals surface area contributed by atoms with Crippen molar-refractivity contribution in [1.82, 2.24) is 15.6 Å². The van der Waals surface area contributed by atoms with Gasteiger partial charge in [-0.15, -0.1) is 11.3 Å². The zero-order chi connectivity index (χ0) is 9.10. The van der Waals surface area contributed by atoms with Crippen molar-refractivity contribution >= 4 is 17.2 Å². The van der Waals surface area contributed by atoms with Crippen molar-refractivity contribution in [3.8, 4) is 0 Å². The van der Waals surface area contributed by atoms with Crippen LogP contribution in [0.4, 0.5) is 0 Å². The van der Waals surface area contributed by atoms with Crippen LogP contribution in [-0.2, 0) is 0 Å². The van der Waals surface area contributed by atoms with Crippen molar-refractivity contribution in [2.75, 3.05) is 13.1 Å². The number of thiazole rings is 1. The van der Waals surface area contributed by atoms with Gasteiger partial charge < -0.3 is 10.6 Å². The minimum atomic E-state index is -0.0174. The van der Waals surface area contributed by atoms with Crippen LogP contribution in [0.5, 0.6) is 0 Å². The second kappa shape index (κ2) is 3.85. The summed E-state index contributed by atoms with van der Waals surface area (Å²) in [6, 6.07) is 0.469. The first-order valence-corrected chi connectivity index (χ1v) is 5.14. The Labute approximate surface area is 80.4 Å². The maximum Gasteiger partial charge on any atom is 0.263 e. The van der Waals surface area contributed by atoms with Gasteiger partial charge in [0, 0.05) is 12.6 Å². The van der Waals surface area contributed by atoms with E-state index >= 15 is 0 Å². The van der Waals surface area contributed by atoms with Gasteiger partial charge in [-0.1, -0.05) is 0 Å². The van der Waals surface area contributed by atoms with Gasteiger partial charge in [0.15, 0.2) is 0 Å². The summed E-state index contributed by atoms with van der Waals surface area (Å²) in [5, 5.41) is 6.08. The molecule has 1 aromatic rings. The molecule has 0 bridgehead atoms. The number of rotatable bonds is 3. The molecule has 2 heterocycles. The Kier molecular flexibility index (Phi) is 2.56. The van der Waals surface area contributed by atoms with Crippen LogP contribution in [0.15, 0.2) is 11.7 Å². The molecule has 4 nitrogen and oxygen atoms in total. The minimum absolute atomic E-state index is 0.0174. The fourth-order valence-corrected chi connectivity index (χ4v) is 1.69. The topological polar surface area (TPSA) is 54.0 Å². The Morgan fingerprint density at radius 1 is 1.85 bits per heavy atom. The highest BCUT2D eigenvalue weighted by molar-refractivity contribution is 7.11.